The van der Waals surface area contributed by atoms with E-state index in [9.17, 15) is 13.6 Å². The highest BCUT2D eigenvalue weighted by Crippen LogP contribution is 2.24. The van der Waals surface area contributed by atoms with Gasteiger partial charge in [-0.2, -0.15) is 0 Å². The smallest absolute Gasteiger partial charge is 0.223 e. The van der Waals surface area contributed by atoms with Gasteiger partial charge < -0.3 is 9.32 Å². The third-order valence-electron chi connectivity index (χ3n) is 4.04. The minimum absolute atomic E-state index is 0.0808. The molecule has 3 aromatic rings. The molecule has 27 heavy (non-hydrogen) atoms. The largest absolute Gasteiger partial charge is 0.441 e. The number of oxazole rings is 1. The van der Waals surface area contributed by atoms with Crippen molar-refractivity contribution in [1.29, 1.82) is 0 Å². The van der Waals surface area contributed by atoms with Crippen LogP contribution in [0.4, 0.5) is 8.78 Å². The van der Waals surface area contributed by atoms with Crippen molar-refractivity contribution in [3.8, 4) is 11.3 Å². The fourth-order valence-electron chi connectivity index (χ4n) is 2.64. The third kappa shape index (κ3) is 4.92. The van der Waals surface area contributed by atoms with E-state index in [1.165, 1.54) is 12.3 Å². The molecule has 3 rings (SSSR count). The molecule has 0 spiro atoms. The van der Waals surface area contributed by atoms with Crippen LogP contribution in [0.15, 0.2) is 53.1 Å². The predicted octanol–water partition coefficient (Wildman–Crippen LogP) is 4.86. The van der Waals surface area contributed by atoms with Crippen molar-refractivity contribution in [1.82, 2.24) is 9.88 Å². The van der Waals surface area contributed by atoms with Crippen molar-refractivity contribution < 1.29 is 18.0 Å². The monoisotopic (exact) mass is 390 g/mol. The van der Waals surface area contributed by atoms with E-state index in [2.05, 4.69) is 4.98 Å². The number of hydrogen-bond acceptors (Lipinski definition) is 3. The molecule has 0 radical (unpaired) electrons. The van der Waals surface area contributed by atoms with Crippen molar-refractivity contribution in [2.45, 2.75) is 19.4 Å². The summed E-state index contributed by atoms with van der Waals surface area (Å²) in [6.45, 7) is 0.441. The van der Waals surface area contributed by atoms with Gasteiger partial charge in [0.2, 0.25) is 5.91 Å². The zero-order valence-corrected chi connectivity index (χ0v) is 15.3. The van der Waals surface area contributed by atoms with E-state index < -0.39 is 11.6 Å². The molecule has 0 saturated carbocycles. The molecule has 0 bridgehead atoms. The molecule has 0 saturated heterocycles. The fraction of sp³-hybridized carbons (Fsp3) is 0.200. The first-order valence-electron chi connectivity index (χ1n) is 8.31. The van der Waals surface area contributed by atoms with Crippen LogP contribution >= 0.6 is 11.6 Å². The second-order valence-electron chi connectivity index (χ2n) is 6.12. The summed E-state index contributed by atoms with van der Waals surface area (Å²) in [5.41, 5.74) is 1.06. The van der Waals surface area contributed by atoms with Crippen LogP contribution in [0.1, 0.15) is 17.9 Å². The zero-order chi connectivity index (χ0) is 19.4. The average Bonchev–Trinajstić information content (AvgIpc) is 3.08. The molecule has 0 N–H and O–H groups in total. The van der Waals surface area contributed by atoms with Crippen LogP contribution in [0.2, 0.25) is 5.02 Å². The highest BCUT2D eigenvalue weighted by molar-refractivity contribution is 6.30. The van der Waals surface area contributed by atoms with Gasteiger partial charge >= 0.3 is 0 Å². The summed E-state index contributed by atoms with van der Waals surface area (Å²) >= 11 is 5.95. The van der Waals surface area contributed by atoms with Crippen LogP contribution < -0.4 is 0 Å². The number of aryl methyl sites for hydroxylation is 1. The summed E-state index contributed by atoms with van der Waals surface area (Å²) in [4.78, 5) is 18.0. The van der Waals surface area contributed by atoms with Gasteiger partial charge in [-0.1, -0.05) is 23.7 Å². The highest BCUT2D eigenvalue weighted by Gasteiger charge is 2.14. The quantitative estimate of drug-likeness (QED) is 0.603. The molecule has 0 fully saturated rings. The first kappa shape index (κ1) is 19.0. The first-order chi connectivity index (χ1) is 12.9. The number of amides is 1. The summed E-state index contributed by atoms with van der Waals surface area (Å²) in [6, 6.07) is 10.5. The number of rotatable bonds is 6. The van der Waals surface area contributed by atoms with Gasteiger partial charge in [-0.25, -0.2) is 13.8 Å². The third-order valence-corrected chi connectivity index (χ3v) is 4.27. The van der Waals surface area contributed by atoms with E-state index in [-0.39, 0.29) is 30.1 Å². The van der Waals surface area contributed by atoms with Gasteiger partial charge in [0.15, 0.2) is 11.7 Å². The molecule has 2 aromatic carbocycles. The van der Waals surface area contributed by atoms with Crippen molar-refractivity contribution in [3.63, 3.8) is 0 Å². The zero-order valence-electron chi connectivity index (χ0n) is 14.6. The average molecular weight is 391 g/mol. The Morgan fingerprint density at radius 1 is 1.22 bits per heavy atom. The molecule has 1 amide bonds. The number of carbonyl (C=O) groups excluding carboxylic acids is 1. The Labute approximate surface area is 160 Å². The SMILES string of the molecule is CN(Cc1cccc(Cl)c1)C(=O)CCc1ncc(-c2ccc(F)cc2F)o1. The molecule has 0 unspecified atom stereocenters. The molecular formula is C20H17ClF2N2O2. The molecule has 1 heterocycles. The maximum Gasteiger partial charge on any atom is 0.223 e. The Kier molecular flexibility index (Phi) is 5.86. The highest BCUT2D eigenvalue weighted by atomic mass is 35.5. The second kappa shape index (κ2) is 8.31. The summed E-state index contributed by atoms with van der Waals surface area (Å²) in [6.07, 6.45) is 1.84. The predicted molar refractivity (Wildman–Crippen MR) is 98.1 cm³/mol. The number of nitrogens with zero attached hydrogens (tertiary/aromatic N) is 2. The van der Waals surface area contributed by atoms with Crippen molar-refractivity contribution in [3.05, 3.63) is 76.8 Å². The fourth-order valence-corrected chi connectivity index (χ4v) is 2.85. The Hall–Kier alpha value is -2.73. The Morgan fingerprint density at radius 3 is 2.78 bits per heavy atom. The van der Waals surface area contributed by atoms with E-state index in [4.69, 9.17) is 16.0 Å². The topological polar surface area (TPSA) is 46.3 Å². The van der Waals surface area contributed by atoms with Crippen LogP contribution in [-0.2, 0) is 17.8 Å². The summed E-state index contributed by atoms with van der Waals surface area (Å²) in [5.74, 6) is -0.956. The molecule has 140 valence electrons. The standard InChI is InChI=1S/C20H17ClF2N2O2/c1-25(12-13-3-2-4-14(21)9-13)20(26)8-7-19-24-11-18(27-19)16-6-5-15(22)10-17(16)23/h2-6,9-11H,7-8,12H2,1H3. The molecule has 4 nitrogen and oxygen atoms in total. The lowest BCUT2D eigenvalue weighted by Crippen LogP contribution is -2.26. The van der Waals surface area contributed by atoms with E-state index in [1.54, 1.807) is 18.0 Å². The minimum Gasteiger partial charge on any atom is -0.441 e. The van der Waals surface area contributed by atoms with Gasteiger partial charge in [0.05, 0.1) is 11.8 Å². The van der Waals surface area contributed by atoms with Gasteiger partial charge in [-0.05, 0) is 29.8 Å². The van der Waals surface area contributed by atoms with Crippen LogP contribution in [0.25, 0.3) is 11.3 Å². The van der Waals surface area contributed by atoms with Crippen LogP contribution in [0.3, 0.4) is 0 Å². The van der Waals surface area contributed by atoms with Crippen LogP contribution in [0, 0.1) is 11.6 Å². The van der Waals surface area contributed by atoms with E-state index in [0.717, 1.165) is 17.7 Å². The molecule has 7 heteroatoms. The van der Waals surface area contributed by atoms with Gasteiger partial charge in [0, 0.05) is 37.5 Å². The van der Waals surface area contributed by atoms with Gasteiger partial charge in [0.1, 0.15) is 11.6 Å². The number of hydrogen-bond donors (Lipinski definition) is 0. The molecule has 0 aliphatic rings. The maximum atomic E-state index is 13.8. The maximum absolute atomic E-state index is 13.8. The Balaban J connectivity index is 1.58. The number of halogens is 3. The minimum atomic E-state index is -0.727. The molecule has 0 aliphatic carbocycles. The second-order valence-corrected chi connectivity index (χ2v) is 6.56. The number of aromatic nitrogens is 1. The van der Waals surface area contributed by atoms with E-state index in [1.807, 2.05) is 18.2 Å². The molecule has 0 atom stereocenters. The van der Waals surface area contributed by atoms with E-state index >= 15 is 0 Å². The van der Waals surface area contributed by atoms with Crippen molar-refractivity contribution >= 4 is 17.5 Å². The lowest BCUT2D eigenvalue weighted by molar-refractivity contribution is -0.130. The molecule has 1 aromatic heterocycles. The summed E-state index contributed by atoms with van der Waals surface area (Å²) < 4.78 is 32.3. The molecule has 0 aliphatic heterocycles. The first-order valence-corrected chi connectivity index (χ1v) is 8.68. The Bertz CT molecular complexity index is 959. The van der Waals surface area contributed by atoms with Gasteiger partial charge in [0.25, 0.3) is 0 Å². The molecular weight excluding hydrogens is 374 g/mol. The summed E-state index contributed by atoms with van der Waals surface area (Å²) in [5, 5.41) is 0.619. The Morgan fingerprint density at radius 2 is 2.04 bits per heavy atom. The van der Waals surface area contributed by atoms with Crippen molar-refractivity contribution in [2.75, 3.05) is 7.05 Å². The summed E-state index contributed by atoms with van der Waals surface area (Å²) in [7, 11) is 1.71. The number of carbonyl (C=O) groups is 1. The van der Waals surface area contributed by atoms with E-state index in [0.29, 0.717) is 17.5 Å². The van der Waals surface area contributed by atoms with Gasteiger partial charge in [-0.15, -0.1) is 0 Å². The van der Waals surface area contributed by atoms with Crippen molar-refractivity contribution in [2.24, 2.45) is 0 Å². The normalized spacial score (nSPS) is 10.8. The van der Waals surface area contributed by atoms with Crippen LogP contribution in [0.5, 0.6) is 0 Å². The van der Waals surface area contributed by atoms with Crippen LogP contribution in [-0.4, -0.2) is 22.8 Å². The lowest BCUT2D eigenvalue weighted by atomic mass is 10.2. The lowest BCUT2D eigenvalue weighted by Gasteiger charge is -2.17. The van der Waals surface area contributed by atoms with Gasteiger partial charge in [-0.3, -0.25) is 4.79 Å². The number of benzene rings is 2.